The van der Waals surface area contributed by atoms with E-state index in [0.29, 0.717) is 0 Å². The van der Waals surface area contributed by atoms with Crippen molar-refractivity contribution in [3.05, 3.63) is 72.6 Å². The lowest BCUT2D eigenvalue weighted by Crippen LogP contribution is -2.09. The van der Waals surface area contributed by atoms with Crippen LogP contribution in [0.5, 0.6) is 0 Å². The maximum Gasteiger partial charge on any atom is 0.330 e. The van der Waals surface area contributed by atoms with Crippen LogP contribution in [0.3, 0.4) is 0 Å². The van der Waals surface area contributed by atoms with Crippen LogP contribution in [-0.2, 0) is 9.53 Å². The molecule has 2 aromatic carbocycles. The van der Waals surface area contributed by atoms with Gasteiger partial charge in [0.2, 0.25) is 0 Å². The SMILES string of the molecule is COC(=O)/C=C\P(c1ccccc1)c1ccccc1. The number of carbonyl (C=O) groups excluding carboxylic acids is 1. The molecule has 0 N–H and O–H groups in total. The molecule has 0 spiro atoms. The van der Waals surface area contributed by atoms with Crippen molar-refractivity contribution < 1.29 is 9.53 Å². The number of hydrogen-bond acceptors (Lipinski definition) is 2. The van der Waals surface area contributed by atoms with Gasteiger partial charge in [0.1, 0.15) is 0 Å². The van der Waals surface area contributed by atoms with Gasteiger partial charge in [0.25, 0.3) is 0 Å². The van der Waals surface area contributed by atoms with E-state index in [2.05, 4.69) is 29.0 Å². The average Bonchev–Trinajstić information content (AvgIpc) is 2.49. The third-order valence-electron chi connectivity index (χ3n) is 2.63. The topological polar surface area (TPSA) is 26.3 Å². The Morgan fingerprint density at radius 2 is 1.42 bits per heavy atom. The molecule has 0 saturated heterocycles. The largest absolute Gasteiger partial charge is 0.466 e. The van der Waals surface area contributed by atoms with Gasteiger partial charge in [-0.25, -0.2) is 4.79 Å². The number of benzene rings is 2. The molecule has 2 rings (SSSR count). The zero-order chi connectivity index (χ0) is 13.5. The number of carbonyl (C=O) groups is 1. The lowest BCUT2D eigenvalue weighted by atomic mass is 10.4. The van der Waals surface area contributed by atoms with Crippen molar-refractivity contribution >= 4 is 24.5 Å². The summed E-state index contributed by atoms with van der Waals surface area (Å²) in [5.74, 6) is 1.62. The van der Waals surface area contributed by atoms with E-state index < -0.39 is 7.92 Å². The normalized spacial score (nSPS) is 10.8. The zero-order valence-corrected chi connectivity index (χ0v) is 11.6. The van der Waals surface area contributed by atoms with Crippen LogP contribution < -0.4 is 10.6 Å². The van der Waals surface area contributed by atoms with Gasteiger partial charge in [-0.3, -0.25) is 0 Å². The Bertz CT molecular complexity index is 510. The predicted octanol–water partition coefficient (Wildman–Crippen LogP) is 2.81. The summed E-state index contributed by atoms with van der Waals surface area (Å²) in [6.45, 7) is 0. The summed E-state index contributed by atoms with van der Waals surface area (Å²) >= 11 is 0. The Balaban J connectivity index is 2.34. The lowest BCUT2D eigenvalue weighted by Gasteiger charge is -2.14. The molecule has 0 aromatic heterocycles. The van der Waals surface area contributed by atoms with E-state index >= 15 is 0 Å². The fourth-order valence-corrected chi connectivity index (χ4v) is 3.60. The lowest BCUT2D eigenvalue weighted by molar-refractivity contribution is -0.134. The van der Waals surface area contributed by atoms with E-state index in [9.17, 15) is 4.79 Å². The molecule has 0 fully saturated rings. The number of hydrogen-bond donors (Lipinski definition) is 0. The van der Waals surface area contributed by atoms with E-state index in [0.717, 1.165) is 0 Å². The molecule has 0 aliphatic carbocycles. The van der Waals surface area contributed by atoms with Gasteiger partial charge in [-0.15, -0.1) is 0 Å². The second kappa shape index (κ2) is 6.86. The molecule has 0 aliphatic rings. The number of esters is 1. The molecule has 0 heterocycles. The molecular weight excluding hydrogens is 255 g/mol. The van der Waals surface area contributed by atoms with Crippen LogP contribution in [0, 0.1) is 0 Å². The minimum Gasteiger partial charge on any atom is -0.466 e. The van der Waals surface area contributed by atoms with Crippen LogP contribution in [0.15, 0.2) is 72.6 Å². The van der Waals surface area contributed by atoms with E-state index in [1.54, 1.807) is 0 Å². The molecule has 0 radical (unpaired) electrons. The van der Waals surface area contributed by atoms with Crippen molar-refractivity contribution in [1.29, 1.82) is 0 Å². The van der Waals surface area contributed by atoms with Crippen molar-refractivity contribution in [2.24, 2.45) is 0 Å². The van der Waals surface area contributed by atoms with E-state index in [4.69, 9.17) is 0 Å². The van der Waals surface area contributed by atoms with Crippen LogP contribution >= 0.6 is 7.92 Å². The molecule has 96 valence electrons. The summed E-state index contributed by atoms with van der Waals surface area (Å²) in [6, 6.07) is 20.4. The minimum atomic E-state index is -0.670. The van der Waals surface area contributed by atoms with Crippen molar-refractivity contribution in [3.63, 3.8) is 0 Å². The van der Waals surface area contributed by atoms with Gasteiger partial charge >= 0.3 is 5.97 Å². The maximum atomic E-state index is 11.3. The molecule has 0 amide bonds. The molecule has 2 aromatic rings. The standard InChI is InChI=1S/C16H15O2P/c1-18-16(17)12-13-19(14-8-4-2-5-9-14)15-10-6-3-7-11-15/h2-13H,1H3/b13-12-. The van der Waals surface area contributed by atoms with Gasteiger partial charge in [0, 0.05) is 6.08 Å². The summed E-state index contributed by atoms with van der Waals surface area (Å²) in [5, 5.41) is 2.42. The minimum absolute atomic E-state index is 0.320. The van der Waals surface area contributed by atoms with Crippen molar-refractivity contribution in [2.75, 3.05) is 7.11 Å². The maximum absolute atomic E-state index is 11.3. The van der Waals surface area contributed by atoms with E-state index in [-0.39, 0.29) is 5.97 Å². The third-order valence-corrected chi connectivity index (χ3v) is 4.79. The summed E-state index contributed by atoms with van der Waals surface area (Å²) < 4.78 is 4.66. The highest BCUT2D eigenvalue weighted by molar-refractivity contribution is 7.75. The second-order valence-electron chi connectivity index (χ2n) is 3.88. The Morgan fingerprint density at radius 3 is 1.84 bits per heavy atom. The summed E-state index contributed by atoms with van der Waals surface area (Å²) in [7, 11) is 0.718. The molecule has 19 heavy (non-hydrogen) atoms. The van der Waals surface area contributed by atoms with Crippen molar-refractivity contribution in [2.45, 2.75) is 0 Å². The zero-order valence-electron chi connectivity index (χ0n) is 10.7. The smallest absolute Gasteiger partial charge is 0.330 e. The average molecular weight is 270 g/mol. The first kappa shape index (κ1) is 13.5. The number of methoxy groups -OCH3 is 1. The quantitative estimate of drug-likeness (QED) is 0.485. The van der Waals surface area contributed by atoms with Crippen LogP contribution in [0.2, 0.25) is 0 Å². The van der Waals surface area contributed by atoms with Crippen LogP contribution in [0.4, 0.5) is 0 Å². The van der Waals surface area contributed by atoms with Crippen molar-refractivity contribution in [1.82, 2.24) is 0 Å². The van der Waals surface area contributed by atoms with Gasteiger partial charge in [-0.2, -0.15) is 0 Å². The summed E-state index contributed by atoms with van der Waals surface area (Å²) in [6.07, 6.45) is 1.51. The van der Waals surface area contributed by atoms with Crippen molar-refractivity contribution in [3.8, 4) is 0 Å². The van der Waals surface area contributed by atoms with Gasteiger partial charge in [-0.1, -0.05) is 60.7 Å². The summed E-state index contributed by atoms with van der Waals surface area (Å²) in [4.78, 5) is 11.3. The van der Waals surface area contributed by atoms with Gasteiger partial charge in [-0.05, 0) is 24.3 Å². The fraction of sp³-hybridized carbons (Fsp3) is 0.0625. The first-order valence-electron chi connectivity index (χ1n) is 5.97. The molecule has 0 bridgehead atoms. The molecular formula is C16H15O2P. The van der Waals surface area contributed by atoms with Crippen LogP contribution in [-0.4, -0.2) is 13.1 Å². The molecule has 0 atom stereocenters. The van der Waals surface area contributed by atoms with Crippen LogP contribution in [0.1, 0.15) is 0 Å². The molecule has 0 unspecified atom stereocenters. The highest BCUT2D eigenvalue weighted by Gasteiger charge is 2.10. The number of rotatable bonds is 4. The Hall–Kier alpha value is -1.92. The van der Waals surface area contributed by atoms with Crippen LogP contribution in [0.25, 0.3) is 0 Å². The highest BCUT2D eigenvalue weighted by Crippen LogP contribution is 2.34. The Labute approximate surface area is 114 Å². The third kappa shape index (κ3) is 3.77. The van der Waals surface area contributed by atoms with Gasteiger partial charge in [0.15, 0.2) is 0 Å². The fourth-order valence-electron chi connectivity index (χ4n) is 1.70. The molecule has 0 aliphatic heterocycles. The number of ether oxygens (including phenoxy) is 1. The molecule has 0 saturated carbocycles. The predicted molar refractivity (Wildman–Crippen MR) is 80.2 cm³/mol. The molecule has 3 heteroatoms. The summed E-state index contributed by atoms with van der Waals surface area (Å²) in [5.41, 5.74) is 0. The van der Waals surface area contributed by atoms with E-state index in [1.165, 1.54) is 23.8 Å². The first-order chi connectivity index (χ1) is 9.31. The molecule has 2 nitrogen and oxygen atoms in total. The highest BCUT2D eigenvalue weighted by atomic mass is 31.1. The Morgan fingerprint density at radius 1 is 0.947 bits per heavy atom. The van der Waals surface area contributed by atoms with Gasteiger partial charge < -0.3 is 4.74 Å². The van der Waals surface area contributed by atoms with E-state index in [1.807, 2.05) is 42.2 Å². The van der Waals surface area contributed by atoms with Gasteiger partial charge in [0.05, 0.1) is 7.11 Å². The monoisotopic (exact) mass is 270 g/mol. The first-order valence-corrected chi connectivity index (χ1v) is 7.38. The second-order valence-corrected chi connectivity index (χ2v) is 5.95. The Kier molecular flexibility index (Phi) is 4.88.